The van der Waals surface area contributed by atoms with Gasteiger partial charge < -0.3 is 16.6 Å². The van der Waals surface area contributed by atoms with Crippen molar-refractivity contribution >= 4 is 5.97 Å². The second-order valence-electron chi connectivity index (χ2n) is 2.61. The maximum atomic E-state index is 10.7. The molecule has 1 aromatic rings. The standard InChI is InChI=1S/C8H11N3O2/c9-3-7(10)6-4-11-2-1-5(6)8(12)13/h1-2,4,7H,3,9-10H2,(H,12,13). The van der Waals surface area contributed by atoms with Crippen LogP contribution >= 0.6 is 0 Å². The first-order valence-corrected chi connectivity index (χ1v) is 3.79. The zero-order valence-electron chi connectivity index (χ0n) is 6.97. The summed E-state index contributed by atoms with van der Waals surface area (Å²) in [5, 5.41) is 8.79. The van der Waals surface area contributed by atoms with E-state index in [-0.39, 0.29) is 12.1 Å². The van der Waals surface area contributed by atoms with E-state index in [2.05, 4.69) is 4.98 Å². The van der Waals surface area contributed by atoms with Crippen LogP contribution in [0.25, 0.3) is 0 Å². The third kappa shape index (κ3) is 2.01. The van der Waals surface area contributed by atoms with Crippen LogP contribution in [0.1, 0.15) is 22.0 Å². The number of carboxylic acid groups (broad SMARTS) is 1. The van der Waals surface area contributed by atoms with Crippen molar-refractivity contribution in [2.45, 2.75) is 6.04 Å². The molecule has 0 radical (unpaired) electrons. The zero-order chi connectivity index (χ0) is 9.84. The lowest BCUT2D eigenvalue weighted by Crippen LogP contribution is -2.23. The van der Waals surface area contributed by atoms with Crippen LogP contribution < -0.4 is 11.5 Å². The molecule has 13 heavy (non-hydrogen) atoms. The normalized spacial score (nSPS) is 12.5. The van der Waals surface area contributed by atoms with E-state index < -0.39 is 12.0 Å². The summed E-state index contributed by atoms with van der Waals surface area (Å²) in [6.07, 6.45) is 2.84. The average molecular weight is 181 g/mol. The molecule has 0 aliphatic carbocycles. The number of nitrogens with two attached hydrogens (primary N) is 2. The number of aromatic carboxylic acids is 1. The van der Waals surface area contributed by atoms with Crippen molar-refractivity contribution in [1.82, 2.24) is 4.98 Å². The third-order valence-electron chi connectivity index (χ3n) is 1.74. The van der Waals surface area contributed by atoms with Gasteiger partial charge in [-0.3, -0.25) is 4.98 Å². The van der Waals surface area contributed by atoms with E-state index in [4.69, 9.17) is 16.6 Å². The van der Waals surface area contributed by atoms with E-state index in [9.17, 15) is 4.79 Å². The Morgan fingerprint density at radius 1 is 1.69 bits per heavy atom. The largest absolute Gasteiger partial charge is 0.478 e. The highest BCUT2D eigenvalue weighted by molar-refractivity contribution is 5.89. The van der Waals surface area contributed by atoms with Gasteiger partial charge in [-0.15, -0.1) is 0 Å². The fourth-order valence-electron chi connectivity index (χ4n) is 1.02. The molecule has 0 aromatic carbocycles. The summed E-state index contributed by atoms with van der Waals surface area (Å²) in [5.41, 5.74) is 11.6. The SMILES string of the molecule is NCC(N)c1cnccc1C(=O)O. The van der Waals surface area contributed by atoms with Gasteiger partial charge in [0.25, 0.3) is 0 Å². The molecule has 0 spiro atoms. The summed E-state index contributed by atoms with van der Waals surface area (Å²) in [7, 11) is 0. The Hall–Kier alpha value is -1.46. The first kappa shape index (κ1) is 9.63. The van der Waals surface area contributed by atoms with Crippen molar-refractivity contribution in [1.29, 1.82) is 0 Å². The Kier molecular flexibility index (Phi) is 2.94. The molecule has 1 heterocycles. The van der Waals surface area contributed by atoms with Gasteiger partial charge in [-0.2, -0.15) is 0 Å². The van der Waals surface area contributed by atoms with E-state index >= 15 is 0 Å². The second-order valence-corrected chi connectivity index (χ2v) is 2.61. The quantitative estimate of drug-likeness (QED) is 0.596. The summed E-state index contributed by atoms with van der Waals surface area (Å²) < 4.78 is 0. The van der Waals surface area contributed by atoms with Gasteiger partial charge >= 0.3 is 5.97 Å². The maximum absolute atomic E-state index is 10.7. The first-order valence-electron chi connectivity index (χ1n) is 3.79. The van der Waals surface area contributed by atoms with Crippen LogP contribution in [0, 0.1) is 0 Å². The lowest BCUT2D eigenvalue weighted by atomic mass is 10.0. The van der Waals surface area contributed by atoms with Crippen LogP contribution in [-0.2, 0) is 0 Å². The predicted molar refractivity (Wildman–Crippen MR) is 47.2 cm³/mol. The lowest BCUT2D eigenvalue weighted by molar-refractivity contribution is 0.0695. The Bertz CT molecular complexity index is 314. The van der Waals surface area contributed by atoms with Crippen LogP contribution in [-0.4, -0.2) is 22.6 Å². The number of rotatable bonds is 3. The molecule has 0 fully saturated rings. The Labute approximate surface area is 75.4 Å². The number of hydrogen-bond acceptors (Lipinski definition) is 4. The molecule has 0 bridgehead atoms. The van der Waals surface area contributed by atoms with Gasteiger partial charge in [0, 0.05) is 30.5 Å². The van der Waals surface area contributed by atoms with Crippen molar-refractivity contribution in [3.63, 3.8) is 0 Å². The highest BCUT2D eigenvalue weighted by Gasteiger charge is 2.14. The molecule has 0 saturated carbocycles. The van der Waals surface area contributed by atoms with Crippen molar-refractivity contribution in [2.75, 3.05) is 6.54 Å². The number of aromatic nitrogens is 1. The zero-order valence-corrected chi connectivity index (χ0v) is 6.97. The molecule has 0 aliphatic rings. The van der Waals surface area contributed by atoms with E-state index in [0.717, 1.165) is 0 Å². The van der Waals surface area contributed by atoms with E-state index in [1.807, 2.05) is 0 Å². The maximum Gasteiger partial charge on any atom is 0.336 e. The Morgan fingerprint density at radius 2 is 2.38 bits per heavy atom. The van der Waals surface area contributed by atoms with Gasteiger partial charge in [0.2, 0.25) is 0 Å². The molecular formula is C8H11N3O2. The smallest absolute Gasteiger partial charge is 0.336 e. The van der Waals surface area contributed by atoms with E-state index in [1.165, 1.54) is 18.5 Å². The molecular weight excluding hydrogens is 170 g/mol. The summed E-state index contributed by atoms with van der Waals surface area (Å²) in [6.45, 7) is 0.200. The molecule has 1 unspecified atom stereocenters. The van der Waals surface area contributed by atoms with Crippen molar-refractivity contribution in [2.24, 2.45) is 11.5 Å². The van der Waals surface area contributed by atoms with Crippen LogP contribution in [0.2, 0.25) is 0 Å². The van der Waals surface area contributed by atoms with Gasteiger partial charge in [-0.05, 0) is 6.07 Å². The van der Waals surface area contributed by atoms with Crippen LogP contribution in [0.4, 0.5) is 0 Å². The number of nitrogens with zero attached hydrogens (tertiary/aromatic N) is 1. The van der Waals surface area contributed by atoms with Gasteiger partial charge in [-0.25, -0.2) is 4.79 Å². The molecule has 1 aromatic heterocycles. The molecule has 0 saturated heterocycles. The van der Waals surface area contributed by atoms with Gasteiger partial charge in [0.15, 0.2) is 0 Å². The van der Waals surface area contributed by atoms with E-state index in [0.29, 0.717) is 5.56 Å². The lowest BCUT2D eigenvalue weighted by Gasteiger charge is -2.10. The van der Waals surface area contributed by atoms with Crippen molar-refractivity contribution in [3.05, 3.63) is 29.6 Å². The fraction of sp³-hybridized carbons (Fsp3) is 0.250. The minimum Gasteiger partial charge on any atom is -0.478 e. The summed E-state index contributed by atoms with van der Waals surface area (Å²) in [4.78, 5) is 14.5. The molecule has 1 atom stereocenters. The Balaban J connectivity index is 3.11. The molecule has 5 N–H and O–H groups in total. The number of carbonyl (C=O) groups is 1. The summed E-state index contributed by atoms with van der Waals surface area (Å²) in [6, 6.07) is 0.937. The second kappa shape index (κ2) is 3.97. The molecule has 5 heteroatoms. The molecule has 1 rings (SSSR count). The summed E-state index contributed by atoms with van der Waals surface area (Å²) in [5.74, 6) is -1.01. The van der Waals surface area contributed by atoms with Gasteiger partial charge in [0.05, 0.1) is 5.56 Å². The topological polar surface area (TPSA) is 102 Å². The molecule has 0 aliphatic heterocycles. The highest BCUT2D eigenvalue weighted by atomic mass is 16.4. The Morgan fingerprint density at radius 3 is 2.92 bits per heavy atom. The van der Waals surface area contributed by atoms with E-state index in [1.54, 1.807) is 0 Å². The monoisotopic (exact) mass is 181 g/mol. The van der Waals surface area contributed by atoms with Gasteiger partial charge in [0.1, 0.15) is 0 Å². The van der Waals surface area contributed by atoms with Crippen LogP contribution in [0.5, 0.6) is 0 Å². The third-order valence-corrected chi connectivity index (χ3v) is 1.74. The first-order chi connectivity index (χ1) is 6.16. The molecule has 70 valence electrons. The minimum absolute atomic E-state index is 0.160. The van der Waals surface area contributed by atoms with Crippen LogP contribution in [0.3, 0.4) is 0 Å². The number of pyridine rings is 1. The average Bonchev–Trinajstić information content (AvgIpc) is 2.16. The number of hydrogen-bond donors (Lipinski definition) is 3. The molecule has 5 nitrogen and oxygen atoms in total. The highest BCUT2D eigenvalue weighted by Crippen LogP contribution is 2.13. The molecule has 0 amide bonds. The number of carboxylic acids is 1. The van der Waals surface area contributed by atoms with Crippen molar-refractivity contribution in [3.8, 4) is 0 Å². The minimum atomic E-state index is -1.01. The fourth-order valence-corrected chi connectivity index (χ4v) is 1.02. The predicted octanol–water partition coefficient (Wildman–Crippen LogP) is -0.262. The van der Waals surface area contributed by atoms with Crippen LogP contribution in [0.15, 0.2) is 18.5 Å². The summed E-state index contributed by atoms with van der Waals surface area (Å²) >= 11 is 0. The van der Waals surface area contributed by atoms with Gasteiger partial charge in [-0.1, -0.05) is 0 Å². The van der Waals surface area contributed by atoms with Crippen molar-refractivity contribution < 1.29 is 9.90 Å².